The molecule has 0 aromatic rings. The van der Waals surface area contributed by atoms with Crippen molar-refractivity contribution in [3.8, 4) is 0 Å². The van der Waals surface area contributed by atoms with E-state index in [4.69, 9.17) is 5.11 Å². The molecule has 76 valence electrons. The maximum absolute atomic E-state index is 10.8. The summed E-state index contributed by atoms with van der Waals surface area (Å²) in [6, 6.07) is 0. The number of hydrogen-bond acceptors (Lipinski definition) is 4. The van der Waals surface area contributed by atoms with Gasteiger partial charge in [-0.3, -0.25) is 4.79 Å². The number of carboxylic acid groups (broad SMARTS) is 1. The summed E-state index contributed by atoms with van der Waals surface area (Å²) in [5.74, 6) is -0.898. The van der Waals surface area contributed by atoms with Crippen LogP contribution < -0.4 is 0 Å². The predicted octanol–water partition coefficient (Wildman–Crippen LogP) is 1.49. The minimum absolute atomic E-state index is 0.205. The van der Waals surface area contributed by atoms with E-state index in [0.29, 0.717) is 5.75 Å². The van der Waals surface area contributed by atoms with Crippen LogP contribution in [0.4, 0.5) is 0 Å². The number of esters is 1. The normalized spacial score (nSPS) is 12.2. The van der Waals surface area contributed by atoms with Crippen LogP contribution in [-0.2, 0) is 14.3 Å². The van der Waals surface area contributed by atoms with Crippen molar-refractivity contribution in [2.24, 2.45) is 0 Å². The molecule has 1 unspecified atom stereocenters. The lowest BCUT2D eigenvalue weighted by Crippen LogP contribution is -2.23. The third-order valence-corrected chi connectivity index (χ3v) is 2.45. The van der Waals surface area contributed by atoms with Crippen molar-refractivity contribution in [3.05, 3.63) is 0 Å². The van der Waals surface area contributed by atoms with Crippen LogP contribution in [0.25, 0.3) is 0 Å². The summed E-state index contributed by atoms with van der Waals surface area (Å²) in [4.78, 5) is 21.3. The lowest BCUT2D eigenvalue weighted by atomic mass is 10.5. The zero-order valence-electron chi connectivity index (χ0n) is 7.78. The molecule has 13 heavy (non-hydrogen) atoms. The SMILES string of the molecule is CCCSC(OC(=O)CC)C(=O)O. The maximum atomic E-state index is 10.8. The molecule has 0 bridgehead atoms. The molecule has 0 rings (SSSR count). The molecular weight excluding hydrogens is 192 g/mol. The van der Waals surface area contributed by atoms with Crippen LogP contribution >= 0.6 is 11.8 Å². The summed E-state index contributed by atoms with van der Waals surface area (Å²) in [5, 5.41) is 8.65. The second kappa shape index (κ2) is 6.77. The van der Waals surface area contributed by atoms with Crippen molar-refractivity contribution in [3.63, 3.8) is 0 Å². The fourth-order valence-electron chi connectivity index (χ4n) is 0.583. The van der Waals surface area contributed by atoms with Crippen molar-refractivity contribution in [1.29, 1.82) is 0 Å². The number of aliphatic carboxylic acids is 1. The second-order valence-corrected chi connectivity index (χ2v) is 3.55. The van der Waals surface area contributed by atoms with Crippen LogP contribution in [0.2, 0.25) is 0 Å². The number of hydrogen-bond donors (Lipinski definition) is 1. The molecular formula is C8H14O4S. The van der Waals surface area contributed by atoms with Crippen LogP contribution in [0, 0.1) is 0 Å². The standard InChI is InChI=1S/C8H14O4S/c1-3-5-13-8(7(10)11)12-6(9)4-2/h8H,3-5H2,1-2H3,(H,10,11). The Morgan fingerprint density at radius 1 is 1.46 bits per heavy atom. The molecule has 0 amide bonds. The zero-order chi connectivity index (χ0) is 10.3. The Labute approximate surface area is 81.6 Å². The molecule has 0 heterocycles. The molecule has 4 nitrogen and oxygen atoms in total. The van der Waals surface area contributed by atoms with Crippen molar-refractivity contribution >= 4 is 23.7 Å². The fraction of sp³-hybridized carbons (Fsp3) is 0.750. The van der Waals surface area contributed by atoms with Crippen molar-refractivity contribution in [2.75, 3.05) is 5.75 Å². The van der Waals surface area contributed by atoms with E-state index in [1.807, 2.05) is 6.92 Å². The van der Waals surface area contributed by atoms with Gasteiger partial charge in [-0.15, -0.1) is 11.8 Å². The first kappa shape index (κ1) is 12.3. The van der Waals surface area contributed by atoms with Gasteiger partial charge in [0.25, 0.3) is 0 Å². The number of ether oxygens (including phenoxy) is 1. The van der Waals surface area contributed by atoms with E-state index in [1.54, 1.807) is 6.92 Å². The lowest BCUT2D eigenvalue weighted by Gasteiger charge is -2.11. The van der Waals surface area contributed by atoms with Gasteiger partial charge in [0.2, 0.25) is 5.44 Å². The first-order chi connectivity index (χ1) is 6.11. The number of carboxylic acids is 1. The van der Waals surface area contributed by atoms with E-state index in [2.05, 4.69) is 4.74 Å². The van der Waals surface area contributed by atoms with Gasteiger partial charge in [0.15, 0.2) is 0 Å². The van der Waals surface area contributed by atoms with E-state index in [0.717, 1.165) is 18.2 Å². The van der Waals surface area contributed by atoms with E-state index >= 15 is 0 Å². The fourth-order valence-corrected chi connectivity index (χ4v) is 1.35. The van der Waals surface area contributed by atoms with Gasteiger partial charge in [-0.05, 0) is 12.2 Å². The predicted molar refractivity (Wildman–Crippen MR) is 50.6 cm³/mol. The lowest BCUT2D eigenvalue weighted by molar-refractivity contribution is -0.157. The molecule has 0 aliphatic carbocycles. The minimum Gasteiger partial charge on any atom is -0.478 e. The second-order valence-electron chi connectivity index (χ2n) is 2.38. The first-order valence-corrected chi connectivity index (χ1v) is 5.20. The van der Waals surface area contributed by atoms with Gasteiger partial charge in [0, 0.05) is 6.42 Å². The molecule has 0 fully saturated rings. The summed E-state index contributed by atoms with van der Waals surface area (Å²) >= 11 is 1.13. The Morgan fingerprint density at radius 3 is 2.46 bits per heavy atom. The van der Waals surface area contributed by atoms with Crippen molar-refractivity contribution in [2.45, 2.75) is 32.1 Å². The summed E-state index contributed by atoms with van der Waals surface area (Å²) in [6.07, 6.45) is 1.06. The quantitative estimate of drug-likeness (QED) is 0.527. The molecule has 0 aromatic heterocycles. The average molecular weight is 206 g/mol. The van der Waals surface area contributed by atoms with E-state index in [-0.39, 0.29) is 6.42 Å². The van der Waals surface area contributed by atoms with Crippen LogP contribution in [0.15, 0.2) is 0 Å². The molecule has 0 aliphatic rings. The Kier molecular flexibility index (Phi) is 6.40. The number of rotatable bonds is 6. The Bertz CT molecular complexity index is 181. The topological polar surface area (TPSA) is 63.6 Å². The average Bonchev–Trinajstić information content (AvgIpc) is 2.11. The van der Waals surface area contributed by atoms with Crippen LogP contribution in [-0.4, -0.2) is 28.2 Å². The molecule has 5 heteroatoms. The highest BCUT2D eigenvalue weighted by Crippen LogP contribution is 2.14. The first-order valence-electron chi connectivity index (χ1n) is 4.15. The highest BCUT2D eigenvalue weighted by Gasteiger charge is 2.21. The molecule has 0 radical (unpaired) electrons. The van der Waals surface area contributed by atoms with Gasteiger partial charge < -0.3 is 9.84 Å². The van der Waals surface area contributed by atoms with Crippen molar-refractivity contribution in [1.82, 2.24) is 0 Å². The zero-order valence-corrected chi connectivity index (χ0v) is 8.60. The molecule has 1 atom stereocenters. The van der Waals surface area contributed by atoms with E-state index < -0.39 is 17.4 Å². The maximum Gasteiger partial charge on any atom is 0.355 e. The minimum atomic E-state index is -1.10. The number of carbonyl (C=O) groups is 2. The van der Waals surface area contributed by atoms with E-state index in [1.165, 1.54) is 0 Å². The van der Waals surface area contributed by atoms with Gasteiger partial charge in [0.05, 0.1) is 0 Å². The smallest absolute Gasteiger partial charge is 0.355 e. The van der Waals surface area contributed by atoms with Gasteiger partial charge in [-0.1, -0.05) is 13.8 Å². The number of thioether (sulfide) groups is 1. The van der Waals surface area contributed by atoms with Gasteiger partial charge >= 0.3 is 11.9 Å². The van der Waals surface area contributed by atoms with Crippen molar-refractivity contribution < 1.29 is 19.4 Å². The molecule has 0 aliphatic heterocycles. The summed E-state index contributed by atoms with van der Waals surface area (Å²) in [5.41, 5.74) is -1.05. The third kappa shape index (κ3) is 5.52. The number of carbonyl (C=O) groups excluding carboxylic acids is 1. The van der Waals surface area contributed by atoms with Gasteiger partial charge in [-0.25, -0.2) is 4.79 Å². The highest BCUT2D eigenvalue weighted by molar-refractivity contribution is 8.00. The Balaban J connectivity index is 3.94. The summed E-state index contributed by atoms with van der Waals surface area (Å²) < 4.78 is 4.69. The molecule has 0 spiro atoms. The molecule has 1 N–H and O–H groups in total. The van der Waals surface area contributed by atoms with E-state index in [9.17, 15) is 9.59 Å². The Morgan fingerprint density at radius 2 is 2.08 bits per heavy atom. The highest BCUT2D eigenvalue weighted by atomic mass is 32.2. The van der Waals surface area contributed by atoms with Gasteiger partial charge in [-0.2, -0.15) is 0 Å². The van der Waals surface area contributed by atoms with Crippen LogP contribution in [0.5, 0.6) is 0 Å². The summed E-state index contributed by atoms with van der Waals surface area (Å²) in [6.45, 7) is 3.57. The molecule has 0 saturated carbocycles. The van der Waals surface area contributed by atoms with Crippen LogP contribution in [0.3, 0.4) is 0 Å². The largest absolute Gasteiger partial charge is 0.478 e. The van der Waals surface area contributed by atoms with Gasteiger partial charge in [0.1, 0.15) is 0 Å². The Hall–Kier alpha value is -0.710. The van der Waals surface area contributed by atoms with Crippen LogP contribution in [0.1, 0.15) is 26.7 Å². The molecule has 0 saturated heterocycles. The monoisotopic (exact) mass is 206 g/mol. The third-order valence-electron chi connectivity index (χ3n) is 1.20. The summed E-state index contributed by atoms with van der Waals surface area (Å²) in [7, 11) is 0. The molecule has 0 aromatic carbocycles.